The van der Waals surface area contributed by atoms with Gasteiger partial charge in [0.25, 0.3) is 0 Å². The first-order chi connectivity index (χ1) is 14.1. The molecule has 2 amide bonds. The van der Waals surface area contributed by atoms with Crippen molar-refractivity contribution in [3.05, 3.63) is 82.0 Å². The zero-order chi connectivity index (χ0) is 20.2. The Morgan fingerprint density at radius 2 is 1.79 bits per heavy atom. The van der Waals surface area contributed by atoms with Crippen LogP contribution in [-0.2, 0) is 16.0 Å². The predicted octanol–water partition coefficient (Wildman–Crippen LogP) is 4.29. The number of anilines is 2. The van der Waals surface area contributed by atoms with Crippen molar-refractivity contribution < 1.29 is 9.59 Å². The third kappa shape index (κ3) is 4.55. The van der Waals surface area contributed by atoms with Crippen molar-refractivity contribution >= 4 is 34.5 Å². The van der Waals surface area contributed by atoms with E-state index in [1.807, 2.05) is 30.3 Å². The lowest BCUT2D eigenvalue weighted by atomic mass is 9.93. The van der Waals surface area contributed by atoms with Crippen molar-refractivity contribution in [1.29, 1.82) is 0 Å². The lowest BCUT2D eigenvalue weighted by Gasteiger charge is -2.35. The van der Waals surface area contributed by atoms with Gasteiger partial charge >= 0.3 is 0 Å². The minimum absolute atomic E-state index is 0.0652. The quantitative estimate of drug-likeness (QED) is 0.666. The molecule has 0 unspecified atom stereocenters. The first-order valence-corrected chi connectivity index (χ1v) is 10.5. The number of carbonyl (C=O) groups excluding carboxylic acids is 2. The molecule has 5 nitrogen and oxygen atoms in total. The summed E-state index contributed by atoms with van der Waals surface area (Å²) in [6.07, 6.45) is 0.960. The van der Waals surface area contributed by atoms with E-state index in [2.05, 4.69) is 39.1 Å². The van der Waals surface area contributed by atoms with E-state index in [-0.39, 0.29) is 17.9 Å². The summed E-state index contributed by atoms with van der Waals surface area (Å²) in [4.78, 5) is 27.7. The molecule has 0 saturated carbocycles. The fraction of sp³-hybridized carbons (Fsp3) is 0.217. The molecule has 1 aromatic heterocycles. The molecule has 0 fully saturated rings. The lowest BCUT2D eigenvalue weighted by molar-refractivity contribution is -0.118. The van der Waals surface area contributed by atoms with Gasteiger partial charge in [0.05, 0.1) is 12.6 Å². The summed E-state index contributed by atoms with van der Waals surface area (Å²) in [5, 5.41) is 7.84. The van der Waals surface area contributed by atoms with Crippen LogP contribution in [0, 0.1) is 0 Å². The van der Waals surface area contributed by atoms with Crippen molar-refractivity contribution in [2.75, 3.05) is 23.7 Å². The van der Waals surface area contributed by atoms with Gasteiger partial charge in [-0.05, 0) is 47.2 Å². The molecule has 2 aromatic carbocycles. The van der Waals surface area contributed by atoms with E-state index in [0.717, 1.165) is 13.0 Å². The van der Waals surface area contributed by atoms with Crippen LogP contribution in [0.1, 0.15) is 29.0 Å². The second kappa shape index (κ2) is 8.59. The molecule has 3 aromatic rings. The van der Waals surface area contributed by atoms with E-state index in [1.54, 1.807) is 23.5 Å². The van der Waals surface area contributed by atoms with Crippen molar-refractivity contribution in [1.82, 2.24) is 4.90 Å². The zero-order valence-corrected chi connectivity index (χ0v) is 17.0. The van der Waals surface area contributed by atoms with Crippen LogP contribution >= 0.6 is 11.3 Å². The summed E-state index contributed by atoms with van der Waals surface area (Å²) in [7, 11) is 0. The van der Waals surface area contributed by atoms with Crippen LogP contribution in [0.2, 0.25) is 0 Å². The lowest BCUT2D eigenvalue weighted by Crippen LogP contribution is -2.40. The fourth-order valence-electron chi connectivity index (χ4n) is 3.83. The van der Waals surface area contributed by atoms with Crippen molar-refractivity contribution in [3.63, 3.8) is 0 Å². The molecule has 0 saturated heterocycles. The van der Waals surface area contributed by atoms with Gasteiger partial charge in [0.2, 0.25) is 11.8 Å². The smallest absolute Gasteiger partial charge is 0.238 e. The fourth-order valence-corrected chi connectivity index (χ4v) is 4.73. The van der Waals surface area contributed by atoms with Gasteiger partial charge in [0.15, 0.2) is 0 Å². The molecule has 2 heterocycles. The summed E-state index contributed by atoms with van der Waals surface area (Å²) in [5.41, 5.74) is 3.84. The first-order valence-electron chi connectivity index (χ1n) is 9.63. The van der Waals surface area contributed by atoms with E-state index in [0.29, 0.717) is 17.9 Å². The molecule has 6 heteroatoms. The van der Waals surface area contributed by atoms with E-state index < -0.39 is 0 Å². The van der Waals surface area contributed by atoms with Gasteiger partial charge in [-0.3, -0.25) is 14.5 Å². The van der Waals surface area contributed by atoms with Gasteiger partial charge in [-0.2, -0.15) is 0 Å². The summed E-state index contributed by atoms with van der Waals surface area (Å²) in [6.45, 7) is 2.61. The molecule has 4 rings (SSSR count). The Morgan fingerprint density at radius 3 is 2.55 bits per heavy atom. The van der Waals surface area contributed by atoms with E-state index >= 15 is 0 Å². The maximum Gasteiger partial charge on any atom is 0.238 e. The van der Waals surface area contributed by atoms with Crippen molar-refractivity contribution in [3.8, 4) is 0 Å². The van der Waals surface area contributed by atoms with Crippen LogP contribution in [0.3, 0.4) is 0 Å². The number of hydrogen-bond acceptors (Lipinski definition) is 4. The Hall–Kier alpha value is -2.96. The SMILES string of the molecule is CC(=O)Nc1cccc(NC(=O)CN2CCc3sccc3[C@@H]2c2ccccc2)c1. The summed E-state index contributed by atoms with van der Waals surface area (Å²) in [5.74, 6) is -0.205. The van der Waals surface area contributed by atoms with Crippen LogP contribution < -0.4 is 10.6 Å². The maximum atomic E-state index is 12.8. The van der Waals surface area contributed by atoms with Gasteiger partial charge in [-0.15, -0.1) is 11.3 Å². The molecular weight excluding hydrogens is 382 g/mol. The molecule has 1 atom stereocenters. The highest BCUT2D eigenvalue weighted by Gasteiger charge is 2.30. The average molecular weight is 406 g/mol. The standard InChI is InChI=1S/C23H23N3O2S/c1-16(27)24-18-8-5-9-19(14-18)25-22(28)15-26-12-10-21-20(11-13-29-21)23(26)17-6-3-2-4-7-17/h2-9,11,13-14,23H,10,12,15H2,1H3,(H,24,27)(H,25,28)/t23-/m0/s1. The van der Waals surface area contributed by atoms with Crippen LogP contribution in [0.15, 0.2) is 66.0 Å². The summed E-state index contributed by atoms with van der Waals surface area (Å²) in [6, 6.07) is 19.8. The second-order valence-corrected chi connectivity index (χ2v) is 8.14. The number of rotatable bonds is 5. The van der Waals surface area contributed by atoms with Gasteiger partial charge in [-0.1, -0.05) is 36.4 Å². The van der Waals surface area contributed by atoms with Gasteiger partial charge in [0, 0.05) is 29.7 Å². The largest absolute Gasteiger partial charge is 0.326 e. The number of fused-ring (bicyclic) bond motifs is 1. The Morgan fingerprint density at radius 1 is 1.03 bits per heavy atom. The molecule has 1 aliphatic heterocycles. The monoisotopic (exact) mass is 405 g/mol. The number of carbonyl (C=O) groups is 2. The highest BCUT2D eigenvalue weighted by molar-refractivity contribution is 7.10. The average Bonchev–Trinajstić information content (AvgIpc) is 3.17. The number of nitrogens with zero attached hydrogens (tertiary/aromatic N) is 1. The molecule has 0 aliphatic carbocycles. The number of benzene rings is 2. The third-order valence-corrected chi connectivity index (χ3v) is 5.99. The Labute approximate surface area is 174 Å². The molecule has 0 radical (unpaired) electrons. The zero-order valence-electron chi connectivity index (χ0n) is 16.2. The number of hydrogen-bond donors (Lipinski definition) is 2. The molecule has 148 valence electrons. The maximum absolute atomic E-state index is 12.8. The van der Waals surface area contributed by atoms with Gasteiger partial charge in [0.1, 0.15) is 0 Å². The van der Waals surface area contributed by atoms with Crippen molar-refractivity contribution in [2.24, 2.45) is 0 Å². The van der Waals surface area contributed by atoms with Crippen LogP contribution in [0.5, 0.6) is 0 Å². The highest BCUT2D eigenvalue weighted by Crippen LogP contribution is 2.37. The number of thiophene rings is 1. The third-order valence-electron chi connectivity index (χ3n) is 4.99. The predicted molar refractivity (Wildman–Crippen MR) is 117 cm³/mol. The van der Waals surface area contributed by atoms with Crippen LogP contribution in [0.4, 0.5) is 11.4 Å². The van der Waals surface area contributed by atoms with Gasteiger partial charge in [-0.25, -0.2) is 0 Å². The normalized spacial score (nSPS) is 16.1. The van der Waals surface area contributed by atoms with Crippen LogP contribution in [-0.4, -0.2) is 29.8 Å². The van der Waals surface area contributed by atoms with Crippen LogP contribution in [0.25, 0.3) is 0 Å². The van der Waals surface area contributed by atoms with Crippen molar-refractivity contribution in [2.45, 2.75) is 19.4 Å². The molecule has 1 aliphatic rings. The summed E-state index contributed by atoms with van der Waals surface area (Å²) < 4.78 is 0. The minimum Gasteiger partial charge on any atom is -0.326 e. The molecule has 29 heavy (non-hydrogen) atoms. The Kier molecular flexibility index (Phi) is 5.74. The highest BCUT2D eigenvalue weighted by atomic mass is 32.1. The molecular formula is C23H23N3O2S. The minimum atomic E-state index is -0.140. The molecule has 0 spiro atoms. The second-order valence-electron chi connectivity index (χ2n) is 7.14. The number of amides is 2. The van der Waals surface area contributed by atoms with E-state index in [4.69, 9.17) is 0 Å². The molecule has 0 bridgehead atoms. The Balaban J connectivity index is 1.51. The Bertz CT molecular complexity index is 1020. The first kappa shape index (κ1) is 19.4. The number of nitrogens with one attached hydrogen (secondary N) is 2. The van der Waals surface area contributed by atoms with E-state index in [1.165, 1.54) is 22.9 Å². The topological polar surface area (TPSA) is 61.4 Å². The van der Waals surface area contributed by atoms with E-state index in [9.17, 15) is 9.59 Å². The van der Waals surface area contributed by atoms with Gasteiger partial charge < -0.3 is 10.6 Å². The summed E-state index contributed by atoms with van der Waals surface area (Å²) >= 11 is 1.79. The molecule has 2 N–H and O–H groups in total.